The molecule has 18 heavy (non-hydrogen) atoms. The molecule has 1 aromatic heterocycles. The Bertz CT molecular complexity index is 508. The van der Waals surface area contributed by atoms with E-state index in [4.69, 9.17) is 0 Å². The molecule has 0 atom stereocenters. The van der Waals surface area contributed by atoms with Crippen molar-refractivity contribution in [2.75, 3.05) is 10.6 Å². The molecular formula is C14H18N4. The number of rotatable bonds is 4. The van der Waals surface area contributed by atoms with Gasteiger partial charge in [0.25, 0.3) is 0 Å². The van der Waals surface area contributed by atoms with Gasteiger partial charge in [-0.3, -0.25) is 0 Å². The summed E-state index contributed by atoms with van der Waals surface area (Å²) in [5.74, 6) is 1.46. The Labute approximate surface area is 107 Å². The Balaban J connectivity index is 2.20. The average molecular weight is 242 g/mol. The minimum Gasteiger partial charge on any atom is -0.368 e. The summed E-state index contributed by atoms with van der Waals surface area (Å²) in [4.78, 5) is 8.81. The van der Waals surface area contributed by atoms with Gasteiger partial charge in [-0.15, -0.1) is 0 Å². The summed E-state index contributed by atoms with van der Waals surface area (Å²) in [5.41, 5.74) is 1.92. The van der Waals surface area contributed by atoms with Gasteiger partial charge in [0.05, 0.1) is 0 Å². The lowest BCUT2D eigenvalue weighted by Gasteiger charge is -2.11. The van der Waals surface area contributed by atoms with E-state index < -0.39 is 0 Å². The fourth-order valence-corrected chi connectivity index (χ4v) is 1.64. The molecule has 2 N–H and O–H groups in total. The van der Waals surface area contributed by atoms with Gasteiger partial charge in [-0.25, -0.2) is 4.98 Å². The predicted molar refractivity (Wildman–Crippen MR) is 75.3 cm³/mol. The fourth-order valence-electron chi connectivity index (χ4n) is 1.64. The van der Waals surface area contributed by atoms with Gasteiger partial charge in [-0.05, 0) is 32.9 Å². The van der Waals surface area contributed by atoms with E-state index in [9.17, 15) is 0 Å². The highest BCUT2D eigenvalue weighted by atomic mass is 15.1. The van der Waals surface area contributed by atoms with Gasteiger partial charge in [-0.2, -0.15) is 4.98 Å². The molecule has 2 aromatic rings. The molecule has 2 rings (SSSR count). The molecule has 0 bridgehead atoms. The maximum absolute atomic E-state index is 4.44. The second-order valence-corrected chi connectivity index (χ2v) is 4.51. The summed E-state index contributed by atoms with van der Waals surface area (Å²) in [6, 6.07) is 12.2. The molecule has 1 aromatic carbocycles. The third-order valence-electron chi connectivity index (χ3n) is 2.32. The van der Waals surface area contributed by atoms with Crippen molar-refractivity contribution in [2.45, 2.75) is 26.8 Å². The molecule has 0 spiro atoms. The lowest BCUT2D eigenvalue weighted by Crippen LogP contribution is -2.12. The van der Waals surface area contributed by atoms with Crippen molar-refractivity contribution in [3.05, 3.63) is 42.1 Å². The van der Waals surface area contributed by atoms with Crippen molar-refractivity contribution in [3.8, 4) is 0 Å². The Hall–Kier alpha value is -2.10. The third kappa shape index (κ3) is 3.45. The van der Waals surface area contributed by atoms with Crippen LogP contribution in [-0.4, -0.2) is 16.0 Å². The number of nitrogens with zero attached hydrogens (tertiary/aromatic N) is 2. The molecule has 94 valence electrons. The first-order valence-electron chi connectivity index (χ1n) is 6.08. The lowest BCUT2D eigenvalue weighted by molar-refractivity contribution is 0.885. The van der Waals surface area contributed by atoms with Crippen molar-refractivity contribution in [1.29, 1.82) is 0 Å². The summed E-state index contributed by atoms with van der Waals surface area (Å²) in [6.07, 6.45) is 0. The van der Waals surface area contributed by atoms with E-state index in [-0.39, 0.29) is 0 Å². The quantitative estimate of drug-likeness (QED) is 0.863. The number of benzene rings is 1. The number of aromatic nitrogens is 2. The lowest BCUT2D eigenvalue weighted by atomic mass is 10.3. The second kappa shape index (κ2) is 5.49. The van der Waals surface area contributed by atoms with E-state index in [1.54, 1.807) is 0 Å². The van der Waals surface area contributed by atoms with Crippen molar-refractivity contribution in [1.82, 2.24) is 9.97 Å². The monoisotopic (exact) mass is 242 g/mol. The first kappa shape index (κ1) is 12.4. The van der Waals surface area contributed by atoms with Crippen LogP contribution in [0.5, 0.6) is 0 Å². The summed E-state index contributed by atoms with van der Waals surface area (Å²) >= 11 is 0. The van der Waals surface area contributed by atoms with Gasteiger partial charge in [0, 0.05) is 23.5 Å². The van der Waals surface area contributed by atoms with Crippen LogP contribution in [0.15, 0.2) is 36.4 Å². The minimum atomic E-state index is 0.351. The van der Waals surface area contributed by atoms with Gasteiger partial charge < -0.3 is 10.6 Å². The van der Waals surface area contributed by atoms with Crippen LogP contribution < -0.4 is 10.6 Å². The van der Waals surface area contributed by atoms with E-state index in [2.05, 4.69) is 34.4 Å². The molecule has 0 saturated carbocycles. The Morgan fingerprint density at radius 2 is 1.78 bits per heavy atom. The van der Waals surface area contributed by atoms with Crippen molar-refractivity contribution in [3.63, 3.8) is 0 Å². The second-order valence-electron chi connectivity index (χ2n) is 4.51. The summed E-state index contributed by atoms with van der Waals surface area (Å²) < 4.78 is 0. The largest absolute Gasteiger partial charge is 0.368 e. The molecule has 0 aliphatic carbocycles. The normalized spacial score (nSPS) is 10.4. The van der Waals surface area contributed by atoms with E-state index in [1.807, 2.05) is 43.3 Å². The summed E-state index contributed by atoms with van der Waals surface area (Å²) in [5, 5.41) is 6.48. The highest BCUT2D eigenvalue weighted by Crippen LogP contribution is 2.15. The standard InChI is InChI=1S/C14H18N4/c1-10(2)15-13-9-11(3)16-14(18-13)17-12-7-5-4-6-8-12/h4-10H,1-3H3,(H2,15,16,17,18). The zero-order valence-corrected chi connectivity index (χ0v) is 10.9. The first-order valence-corrected chi connectivity index (χ1v) is 6.08. The van der Waals surface area contributed by atoms with Gasteiger partial charge in [0.15, 0.2) is 0 Å². The highest BCUT2D eigenvalue weighted by Gasteiger charge is 2.03. The van der Waals surface area contributed by atoms with Gasteiger partial charge in [0.1, 0.15) is 5.82 Å². The van der Waals surface area contributed by atoms with Crippen LogP contribution in [0.4, 0.5) is 17.5 Å². The molecule has 4 nitrogen and oxygen atoms in total. The number of anilines is 3. The van der Waals surface area contributed by atoms with Crippen LogP contribution in [0.25, 0.3) is 0 Å². The topological polar surface area (TPSA) is 49.8 Å². The molecular weight excluding hydrogens is 224 g/mol. The van der Waals surface area contributed by atoms with Gasteiger partial charge in [0.2, 0.25) is 5.95 Å². The minimum absolute atomic E-state index is 0.351. The Kier molecular flexibility index (Phi) is 3.77. The predicted octanol–water partition coefficient (Wildman–Crippen LogP) is 3.35. The van der Waals surface area contributed by atoms with Crippen LogP contribution in [0.2, 0.25) is 0 Å². The first-order chi connectivity index (χ1) is 8.63. The van der Waals surface area contributed by atoms with E-state index in [0.29, 0.717) is 12.0 Å². The number of hydrogen-bond donors (Lipinski definition) is 2. The molecule has 0 amide bonds. The number of aryl methyl sites for hydroxylation is 1. The zero-order chi connectivity index (χ0) is 13.0. The number of hydrogen-bond acceptors (Lipinski definition) is 4. The van der Waals surface area contributed by atoms with Crippen molar-refractivity contribution in [2.24, 2.45) is 0 Å². The maximum atomic E-state index is 4.44. The molecule has 0 radical (unpaired) electrons. The smallest absolute Gasteiger partial charge is 0.229 e. The van der Waals surface area contributed by atoms with Gasteiger partial charge in [-0.1, -0.05) is 18.2 Å². The maximum Gasteiger partial charge on any atom is 0.229 e. The number of nitrogens with one attached hydrogen (secondary N) is 2. The summed E-state index contributed by atoms with van der Waals surface area (Å²) in [6.45, 7) is 6.13. The van der Waals surface area contributed by atoms with Crippen molar-refractivity contribution >= 4 is 17.5 Å². The summed E-state index contributed by atoms with van der Waals surface area (Å²) in [7, 11) is 0. The van der Waals surface area contributed by atoms with E-state index in [1.165, 1.54) is 0 Å². The van der Waals surface area contributed by atoms with Crippen LogP contribution >= 0.6 is 0 Å². The Morgan fingerprint density at radius 3 is 2.44 bits per heavy atom. The molecule has 0 unspecified atom stereocenters. The molecule has 1 heterocycles. The number of para-hydroxylation sites is 1. The molecule has 0 fully saturated rings. The van der Waals surface area contributed by atoms with Crippen LogP contribution in [0.3, 0.4) is 0 Å². The SMILES string of the molecule is Cc1cc(NC(C)C)nc(Nc2ccccc2)n1. The zero-order valence-electron chi connectivity index (χ0n) is 10.9. The van der Waals surface area contributed by atoms with E-state index >= 15 is 0 Å². The van der Waals surface area contributed by atoms with Gasteiger partial charge >= 0.3 is 0 Å². The fraction of sp³-hybridized carbons (Fsp3) is 0.286. The van der Waals surface area contributed by atoms with Crippen LogP contribution in [0.1, 0.15) is 19.5 Å². The molecule has 0 aliphatic heterocycles. The van der Waals surface area contributed by atoms with E-state index in [0.717, 1.165) is 17.2 Å². The third-order valence-corrected chi connectivity index (χ3v) is 2.32. The Morgan fingerprint density at radius 1 is 1.06 bits per heavy atom. The van der Waals surface area contributed by atoms with Crippen LogP contribution in [0, 0.1) is 6.92 Å². The molecule has 4 heteroatoms. The van der Waals surface area contributed by atoms with Crippen LogP contribution in [-0.2, 0) is 0 Å². The average Bonchev–Trinajstić information content (AvgIpc) is 2.28. The highest BCUT2D eigenvalue weighted by molar-refractivity contribution is 5.55. The van der Waals surface area contributed by atoms with Crippen molar-refractivity contribution < 1.29 is 0 Å². The molecule has 0 aliphatic rings. The molecule has 0 saturated heterocycles.